The molecule has 0 aliphatic heterocycles. The van der Waals surface area contributed by atoms with E-state index >= 15 is 0 Å². The lowest BCUT2D eigenvalue weighted by molar-refractivity contribution is 0.0962. The predicted octanol–water partition coefficient (Wildman–Crippen LogP) is 3.52. The zero-order chi connectivity index (χ0) is 19.6. The second-order valence-corrected chi connectivity index (χ2v) is 6.49. The van der Waals surface area contributed by atoms with Crippen molar-refractivity contribution >= 4 is 5.91 Å². The van der Waals surface area contributed by atoms with Gasteiger partial charge in [-0.2, -0.15) is 0 Å². The van der Waals surface area contributed by atoms with Gasteiger partial charge in [0.15, 0.2) is 0 Å². The maximum absolute atomic E-state index is 11.6. The van der Waals surface area contributed by atoms with Crippen LogP contribution in [0.25, 0.3) is 0 Å². The largest absolute Gasteiger partial charge is 0.476 e. The summed E-state index contributed by atoms with van der Waals surface area (Å²) in [6, 6.07) is 24.3. The average molecular weight is 375 g/mol. The molecule has 0 aliphatic rings. The second kappa shape index (κ2) is 10.2. The molecule has 0 unspecified atom stereocenters. The molecule has 0 aliphatic carbocycles. The van der Waals surface area contributed by atoms with Crippen LogP contribution in [0.4, 0.5) is 0 Å². The molecule has 0 spiro atoms. The van der Waals surface area contributed by atoms with Crippen LogP contribution in [0.3, 0.4) is 0 Å². The van der Waals surface area contributed by atoms with E-state index in [-0.39, 0.29) is 5.91 Å². The first-order valence-corrected chi connectivity index (χ1v) is 9.36. The van der Waals surface area contributed by atoms with Crippen molar-refractivity contribution in [2.45, 2.75) is 13.1 Å². The quantitative estimate of drug-likeness (QED) is 0.622. The molecule has 1 heterocycles. The number of hydrogen-bond donors (Lipinski definition) is 1. The van der Waals surface area contributed by atoms with Crippen LogP contribution in [0.2, 0.25) is 0 Å². The standard InChI is InChI=1S/C23H25N3O2/c1-24-23(27)21-12-13-22(25-16-21)28-15-14-26(17-19-8-4-2-5-9-19)18-20-10-6-3-7-11-20/h2-13,16H,14-15,17-18H2,1H3,(H,24,27). The van der Waals surface area contributed by atoms with E-state index in [2.05, 4.69) is 63.7 Å². The van der Waals surface area contributed by atoms with Crippen LogP contribution in [0.5, 0.6) is 5.88 Å². The monoisotopic (exact) mass is 375 g/mol. The third-order valence-electron chi connectivity index (χ3n) is 4.38. The molecule has 144 valence electrons. The van der Waals surface area contributed by atoms with Crippen molar-refractivity contribution < 1.29 is 9.53 Å². The van der Waals surface area contributed by atoms with Crippen LogP contribution in [0.1, 0.15) is 21.5 Å². The molecule has 0 radical (unpaired) electrons. The first kappa shape index (κ1) is 19.6. The Labute approximate surface area is 166 Å². The van der Waals surface area contributed by atoms with Crippen molar-refractivity contribution in [3.63, 3.8) is 0 Å². The molecular formula is C23H25N3O2. The first-order chi connectivity index (χ1) is 13.7. The molecule has 3 aromatic rings. The maximum atomic E-state index is 11.6. The number of aromatic nitrogens is 1. The Hall–Kier alpha value is -3.18. The van der Waals surface area contributed by atoms with Gasteiger partial charge in [-0.3, -0.25) is 9.69 Å². The number of benzene rings is 2. The van der Waals surface area contributed by atoms with E-state index in [1.54, 1.807) is 19.2 Å². The summed E-state index contributed by atoms with van der Waals surface area (Å²) in [5, 5.41) is 2.58. The molecule has 0 atom stereocenters. The summed E-state index contributed by atoms with van der Waals surface area (Å²) >= 11 is 0. The Morgan fingerprint density at radius 1 is 0.929 bits per heavy atom. The molecule has 0 saturated heterocycles. The topological polar surface area (TPSA) is 54.5 Å². The lowest BCUT2D eigenvalue weighted by Crippen LogP contribution is -2.28. The number of nitrogens with zero attached hydrogens (tertiary/aromatic N) is 2. The molecule has 1 aromatic heterocycles. The predicted molar refractivity (Wildman–Crippen MR) is 110 cm³/mol. The van der Waals surface area contributed by atoms with Crippen molar-refractivity contribution in [3.8, 4) is 5.88 Å². The van der Waals surface area contributed by atoms with Crippen molar-refractivity contribution in [1.82, 2.24) is 15.2 Å². The summed E-state index contributed by atoms with van der Waals surface area (Å²) in [7, 11) is 1.60. The molecule has 1 N–H and O–H groups in total. The Balaban J connectivity index is 1.58. The highest BCUT2D eigenvalue weighted by atomic mass is 16.5. The fourth-order valence-corrected chi connectivity index (χ4v) is 2.92. The summed E-state index contributed by atoms with van der Waals surface area (Å²) in [5.74, 6) is 0.364. The minimum absolute atomic E-state index is 0.157. The van der Waals surface area contributed by atoms with Crippen molar-refractivity contribution in [3.05, 3.63) is 95.7 Å². The molecule has 3 rings (SSSR count). The summed E-state index contributed by atoms with van der Waals surface area (Å²) in [4.78, 5) is 18.1. The van der Waals surface area contributed by atoms with Crippen LogP contribution in [-0.4, -0.2) is 36.0 Å². The highest BCUT2D eigenvalue weighted by molar-refractivity contribution is 5.93. The van der Waals surface area contributed by atoms with Gasteiger partial charge in [0, 0.05) is 38.9 Å². The normalized spacial score (nSPS) is 10.6. The van der Waals surface area contributed by atoms with E-state index in [9.17, 15) is 4.79 Å². The number of ether oxygens (including phenoxy) is 1. The lowest BCUT2D eigenvalue weighted by atomic mass is 10.1. The number of rotatable bonds is 9. The third kappa shape index (κ3) is 5.93. The number of carbonyl (C=O) groups is 1. The fraction of sp³-hybridized carbons (Fsp3) is 0.217. The Bertz CT molecular complexity index is 811. The van der Waals surface area contributed by atoms with Gasteiger partial charge < -0.3 is 10.1 Å². The van der Waals surface area contributed by atoms with Gasteiger partial charge >= 0.3 is 0 Å². The summed E-state index contributed by atoms with van der Waals surface area (Å²) < 4.78 is 5.80. The molecule has 0 saturated carbocycles. The molecule has 1 amide bonds. The minimum atomic E-state index is -0.157. The number of hydrogen-bond acceptors (Lipinski definition) is 4. The molecule has 5 nitrogen and oxygen atoms in total. The number of carbonyl (C=O) groups excluding carboxylic acids is 1. The van der Waals surface area contributed by atoms with E-state index < -0.39 is 0 Å². The number of pyridine rings is 1. The molecule has 2 aromatic carbocycles. The van der Waals surface area contributed by atoms with Gasteiger partial charge in [0.2, 0.25) is 5.88 Å². The van der Waals surface area contributed by atoms with E-state index in [1.807, 2.05) is 12.1 Å². The second-order valence-electron chi connectivity index (χ2n) is 6.49. The zero-order valence-electron chi connectivity index (χ0n) is 16.0. The smallest absolute Gasteiger partial charge is 0.252 e. The fourth-order valence-electron chi connectivity index (χ4n) is 2.92. The van der Waals surface area contributed by atoms with E-state index in [1.165, 1.54) is 17.3 Å². The molecule has 5 heteroatoms. The van der Waals surface area contributed by atoms with Gasteiger partial charge in [-0.05, 0) is 17.2 Å². The van der Waals surface area contributed by atoms with Gasteiger partial charge in [-0.15, -0.1) is 0 Å². The Kier molecular flexibility index (Phi) is 7.15. The van der Waals surface area contributed by atoms with Crippen LogP contribution >= 0.6 is 0 Å². The average Bonchev–Trinajstić information content (AvgIpc) is 2.75. The van der Waals surface area contributed by atoms with Gasteiger partial charge in [0.1, 0.15) is 6.61 Å². The minimum Gasteiger partial charge on any atom is -0.476 e. The van der Waals surface area contributed by atoms with Crippen LogP contribution < -0.4 is 10.1 Å². The number of nitrogens with one attached hydrogen (secondary N) is 1. The maximum Gasteiger partial charge on any atom is 0.252 e. The Morgan fingerprint density at radius 3 is 2.04 bits per heavy atom. The summed E-state index contributed by atoms with van der Waals surface area (Å²) in [6.45, 7) is 2.99. The highest BCUT2D eigenvalue weighted by Gasteiger charge is 2.09. The zero-order valence-corrected chi connectivity index (χ0v) is 16.0. The van der Waals surface area contributed by atoms with Gasteiger partial charge in [0.05, 0.1) is 5.56 Å². The third-order valence-corrected chi connectivity index (χ3v) is 4.38. The molecule has 28 heavy (non-hydrogen) atoms. The van der Waals surface area contributed by atoms with Crippen LogP contribution in [-0.2, 0) is 13.1 Å². The van der Waals surface area contributed by atoms with E-state index in [4.69, 9.17) is 4.74 Å². The van der Waals surface area contributed by atoms with Crippen molar-refractivity contribution in [2.75, 3.05) is 20.2 Å². The van der Waals surface area contributed by atoms with Gasteiger partial charge in [-0.25, -0.2) is 4.98 Å². The lowest BCUT2D eigenvalue weighted by Gasteiger charge is -2.22. The van der Waals surface area contributed by atoms with Gasteiger partial charge in [0.25, 0.3) is 5.91 Å². The van der Waals surface area contributed by atoms with Crippen molar-refractivity contribution in [2.24, 2.45) is 0 Å². The molecule has 0 bridgehead atoms. The van der Waals surface area contributed by atoms with Crippen LogP contribution in [0, 0.1) is 0 Å². The molecular weight excluding hydrogens is 350 g/mol. The summed E-state index contributed by atoms with van der Waals surface area (Å²) in [5.41, 5.74) is 3.06. The van der Waals surface area contributed by atoms with Crippen molar-refractivity contribution in [1.29, 1.82) is 0 Å². The Morgan fingerprint density at radius 2 is 1.54 bits per heavy atom. The van der Waals surface area contributed by atoms with E-state index in [0.29, 0.717) is 18.1 Å². The summed E-state index contributed by atoms with van der Waals surface area (Å²) in [6.07, 6.45) is 1.53. The van der Waals surface area contributed by atoms with Gasteiger partial charge in [-0.1, -0.05) is 60.7 Å². The highest BCUT2D eigenvalue weighted by Crippen LogP contribution is 2.11. The van der Waals surface area contributed by atoms with E-state index in [0.717, 1.165) is 19.6 Å². The number of amides is 1. The molecule has 0 fully saturated rings. The first-order valence-electron chi connectivity index (χ1n) is 9.36. The SMILES string of the molecule is CNC(=O)c1ccc(OCCN(Cc2ccccc2)Cc2ccccc2)nc1. The van der Waals surface area contributed by atoms with Crippen LogP contribution in [0.15, 0.2) is 79.0 Å².